The van der Waals surface area contributed by atoms with Crippen LogP contribution in [-0.4, -0.2) is 74.8 Å². The van der Waals surface area contributed by atoms with Gasteiger partial charge in [0, 0.05) is 53.0 Å². The lowest BCUT2D eigenvalue weighted by Gasteiger charge is -2.36. The maximum absolute atomic E-state index is 12.7. The number of hydrogen-bond donors (Lipinski definition) is 2. The molecule has 12 nitrogen and oxygen atoms in total. The molecule has 0 aliphatic carbocycles. The zero-order valence-corrected chi connectivity index (χ0v) is 21.4. The number of aryl methyl sites for hydroxylation is 1. The minimum Gasteiger partial charge on any atom is -0.495 e. The van der Waals surface area contributed by atoms with Gasteiger partial charge in [-0.05, 0) is 31.5 Å². The van der Waals surface area contributed by atoms with Gasteiger partial charge >= 0.3 is 5.69 Å². The molecule has 0 bridgehead atoms. The van der Waals surface area contributed by atoms with E-state index in [1.807, 2.05) is 18.2 Å². The van der Waals surface area contributed by atoms with Crippen molar-refractivity contribution in [1.82, 2.24) is 28.4 Å². The van der Waals surface area contributed by atoms with Crippen LogP contribution in [0.25, 0.3) is 16.9 Å². The smallest absolute Gasteiger partial charge is 0.332 e. The molecule has 12 heteroatoms. The Bertz CT molecular complexity index is 1610. The minimum absolute atomic E-state index is 0.219. The normalized spacial score (nSPS) is 14.5. The largest absolute Gasteiger partial charge is 0.495 e. The zero-order valence-electron chi connectivity index (χ0n) is 21.4. The Morgan fingerprint density at radius 3 is 2.54 bits per heavy atom. The Hall–Kier alpha value is -4.06. The number of para-hydroxylation sites is 2. The molecule has 4 aromatic rings. The van der Waals surface area contributed by atoms with Crippen LogP contribution in [-0.2, 0) is 14.1 Å². The molecule has 0 atom stereocenters. The summed E-state index contributed by atoms with van der Waals surface area (Å²) in [7, 11) is 4.68. The van der Waals surface area contributed by atoms with E-state index < -0.39 is 11.2 Å². The van der Waals surface area contributed by atoms with Crippen molar-refractivity contribution in [3.8, 4) is 5.75 Å². The van der Waals surface area contributed by atoms with E-state index in [0.717, 1.165) is 61.6 Å². The summed E-state index contributed by atoms with van der Waals surface area (Å²) < 4.78 is 9.36. The number of unbranched alkanes of at least 4 members (excludes halogenated alkanes) is 1. The minimum atomic E-state index is -0.470. The molecule has 0 amide bonds. The number of piperazine rings is 1. The first kappa shape index (κ1) is 24.6. The molecule has 196 valence electrons. The molecular formula is C25H32N8O4. The summed E-state index contributed by atoms with van der Waals surface area (Å²) in [6.45, 7) is 5.52. The highest BCUT2D eigenvalue weighted by molar-refractivity contribution is 5.75. The van der Waals surface area contributed by atoms with Gasteiger partial charge < -0.3 is 15.0 Å². The Balaban J connectivity index is 1.17. The van der Waals surface area contributed by atoms with Gasteiger partial charge in [-0.25, -0.2) is 4.79 Å². The van der Waals surface area contributed by atoms with Crippen molar-refractivity contribution in [3.05, 3.63) is 61.7 Å². The highest BCUT2D eigenvalue weighted by atomic mass is 16.5. The summed E-state index contributed by atoms with van der Waals surface area (Å²) >= 11 is 0. The van der Waals surface area contributed by atoms with Crippen molar-refractivity contribution in [2.75, 3.05) is 56.6 Å². The van der Waals surface area contributed by atoms with Crippen molar-refractivity contribution >= 4 is 28.3 Å². The number of methoxy groups -OCH3 is 1. The molecule has 1 aromatic carbocycles. The van der Waals surface area contributed by atoms with Crippen LogP contribution in [0.3, 0.4) is 0 Å². The monoisotopic (exact) mass is 508 g/mol. The molecule has 1 saturated heterocycles. The number of anilines is 2. The van der Waals surface area contributed by atoms with Gasteiger partial charge in [-0.15, -0.1) is 0 Å². The van der Waals surface area contributed by atoms with Gasteiger partial charge in [-0.2, -0.15) is 4.98 Å². The Labute approximate surface area is 212 Å². The summed E-state index contributed by atoms with van der Waals surface area (Å²) in [6.07, 6.45) is 3.47. The number of aromatic amines is 1. The fourth-order valence-corrected chi connectivity index (χ4v) is 4.90. The number of imidazole rings is 1. The molecule has 0 spiro atoms. The predicted molar refractivity (Wildman–Crippen MR) is 143 cm³/mol. The standard InChI is InChI=1S/C25H32N8O4/c1-29-21-20(23(35)30(2)25(29)36)33-16-17(22(34)28-24(33)27-21)26-10-6-7-11-31-12-14-32(15-13-31)18-8-4-5-9-19(18)37-3/h4-5,8-9,16,26H,6-7,10-15H2,1-3H3,(H,27,28,34). The van der Waals surface area contributed by atoms with E-state index in [4.69, 9.17) is 4.74 Å². The lowest BCUT2D eigenvalue weighted by Crippen LogP contribution is -2.46. The van der Waals surface area contributed by atoms with Gasteiger partial charge in [0.25, 0.3) is 11.1 Å². The molecule has 0 radical (unpaired) electrons. The first-order valence-electron chi connectivity index (χ1n) is 12.4. The van der Waals surface area contributed by atoms with Crippen LogP contribution in [0.2, 0.25) is 0 Å². The molecule has 1 aliphatic rings. The highest BCUT2D eigenvalue weighted by Gasteiger charge is 2.19. The van der Waals surface area contributed by atoms with Crippen LogP contribution in [0.15, 0.2) is 44.8 Å². The summed E-state index contributed by atoms with van der Waals surface area (Å²) in [5.41, 5.74) is 0.710. The van der Waals surface area contributed by atoms with Gasteiger partial charge in [0.05, 0.1) is 12.8 Å². The van der Waals surface area contributed by atoms with Crippen molar-refractivity contribution < 1.29 is 4.74 Å². The Morgan fingerprint density at radius 2 is 1.78 bits per heavy atom. The van der Waals surface area contributed by atoms with Crippen LogP contribution in [0.1, 0.15) is 12.8 Å². The van der Waals surface area contributed by atoms with Crippen molar-refractivity contribution in [2.45, 2.75) is 12.8 Å². The third-order valence-electron chi connectivity index (χ3n) is 7.03. The summed E-state index contributed by atoms with van der Waals surface area (Å²) in [4.78, 5) is 49.3. The highest BCUT2D eigenvalue weighted by Crippen LogP contribution is 2.28. The molecule has 3 aromatic heterocycles. The molecule has 2 N–H and O–H groups in total. The number of aromatic nitrogens is 5. The molecule has 5 rings (SSSR count). The summed E-state index contributed by atoms with van der Waals surface area (Å²) in [5, 5.41) is 3.19. The van der Waals surface area contributed by atoms with E-state index >= 15 is 0 Å². The van der Waals surface area contributed by atoms with Gasteiger partial charge in [0.15, 0.2) is 11.2 Å². The van der Waals surface area contributed by atoms with Gasteiger partial charge in [0.2, 0.25) is 5.78 Å². The van der Waals surface area contributed by atoms with Crippen molar-refractivity contribution in [3.63, 3.8) is 0 Å². The second-order valence-electron chi connectivity index (χ2n) is 9.31. The van der Waals surface area contributed by atoms with E-state index in [1.54, 1.807) is 20.4 Å². The average molecular weight is 509 g/mol. The Kier molecular flexibility index (Phi) is 6.74. The number of ether oxygens (including phenoxy) is 1. The third-order valence-corrected chi connectivity index (χ3v) is 7.03. The van der Waals surface area contributed by atoms with Crippen LogP contribution < -0.4 is 31.8 Å². The number of H-pyrrole nitrogens is 1. The van der Waals surface area contributed by atoms with E-state index in [1.165, 1.54) is 16.0 Å². The number of nitrogens with zero attached hydrogens (tertiary/aromatic N) is 6. The molecule has 0 unspecified atom stereocenters. The first-order valence-corrected chi connectivity index (χ1v) is 12.4. The van der Waals surface area contributed by atoms with Crippen LogP contribution in [0.5, 0.6) is 5.75 Å². The molecule has 4 heterocycles. The third kappa shape index (κ3) is 4.59. The number of fused-ring (bicyclic) bond motifs is 3. The number of benzene rings is 1. The average Bonchev–Trinajstić information content (AvgIpc) is 3.29. The van der Waals surface area contributed by atoms with Crippen LogP contribution in [0.4, 0.5) is 11.4 Å². The lowest BCUT2D eigenvalue weighted by molar-refractivity contribution is 0.253. The predicted octanol–water partition coefficient (Wildman–Crippen LogP) is 0.596. The molecule has 0 saturated carbocycles. The molecule has 37 heavy (non-hydrogen) atoms. The van der Waals surface area contributed by atoms with E-state index in [9.17, 15) is 14.4 Å². The number of rotatable bonds is 8. The lowest BCUT2D eigenvalue weighted by atomic mass is 10.2. The van der Waals surface area contributed by atoms with Gasteiger partial charge in [-0.1, -0.05) is 12.1 Å². The fraction of sp³-hybridized carbons (Fsp3) is 0.440. The first-order chi connectivity index (χ1) is 17.9. The van der Waals surface area contributed by atoms with Crippen LogP contribution in [0, 0.1) is 0 Å². The van der Waals surface area contributed by atoms with E-state index in [0.29, 0.717) is 12.2 Å². The second kappa shape index (κ2) is 10.1. The van der Waals surface area contributed by atoms with Crippen LogP contribution >= 0.6 is 0 Å². The molecule has 1 fully saturated rings. The number of nitrogens with one attached hydrogen (secondary N) is 2. The Morgan fingerprint density at radius 1 is 1.03 bits per heavy atom. The van der Waals surface area contributed by atoms with E-state index in [-0.39, 0.29) is 22.5 Å². The maximum atomic E-state index is 12.7. The molecule has 1 aliphatic heterocycles. The van der Waals surface area contributed by atoms with Gasteiger partial charge in [-0.3, -0.25) is 33.0 Å². The quantitative estimate of drug-likeness (QED) is 0.332. The van der Waals surface area contributed by atoms with E-state index in [2.05, 4.69) is 31.2 Å². The fourth-order valence-electron chi connectivity index (χ4n) is 4.90. The number of hydrogen-bond acceptors (Lipinski definition) is 8. The maximum Gasteiger partial charge on any atom is 0.332 e. The SMILES string of the molecule is COc1ccccc1N1CCN(CCCCNc2cn3c(nc4c3c(=O)n(C)c(=O)n4C)[nH]c2=O)CC1. The second-order valence-corrected chi connectivity index (χ2v) is 9.31. The molecular weight excluding hydrogens is 476 g/mol. The summed E-state index contributed by atoms with van der Waals surface area (Å²) in [5.74, 6) is 1.12. The van der Waals surface area contributed by atoms with Crippen molar-refractivity contribution in [2.24, 2.45) is 14.1 Å². The topological polar surface area (TPSA) is 122 Å². The zero-order chi connectivity index (χ0) is 26.1. The summed E-state index contributed by atoms with van der Waals surface area (Å²) in [6, 6.07) is 8.12. The van der Waals surface area contributed by atoms with Gasteiger partial charge in [0.1, 0.15) is 11.4 Å². The van der Waals surface area contributed by atoms with Crippen molar-refractivity contribution in [1.29, 1.82) is 0 Å².